The van der Waals surface area contributed by atoms with Crippen LogP contribution in [0.5, 0.6) is 0 Å². The molecule has 4 rings (SSSR count). The summed E-state index contributed by atoms with van der Waals surface area (Å²) < 4.78 is 0. The molecule has 25 heavy (non-hydrogen) atoms. The highest BCUT2D eigenvalue weighted by molar-refractivity contribution is 6.52. The van der Waals surface area contributed by atoms with Gasteiger partial charge in [0.05, 0.1) is 43.2 Å². The minimum absolute atomic E-state index is 0.0147. The van der Waals surface area contributed by atoms with Crippen LogP contribution in [0.4, 0.5) is 0 Å². The first kappa shape index (κ1) is 16.9. The predicted octanol–water partition coefficient (Wildman–Crippen LogP) is 5.30. The third-order valence-corrected chi connectivity index (χ3v) is 6.37. The van der Waals surface area contributed by atoms with E-state index in [1.54, 1.807) is 6.07 Å². The molecule has 0 bridgehead atoms. The first-order chi connectivity index (χ1) is 11.9. The fourth-order valence-electron chi connectivity index (χ4n) is 3.05. The Hall–Kier alpha value is -1.52. The molecule has 1 N–H and O–H groups in total. The number of para-hydroxylation sites is 1. The van der Waals surface area contributed by atoms with Crippen molar-refractivity contribution in [2.24, 2.45) is 0 Å². The average molecular weight is 413 g/mol. The first-order valence-electron chi connectivity index (χ1n) is 7.34. The number of Topliss-reactive ketones (excluding diaryl/α,β-unsaturated/α-hetero) is 1. The molecule has 2 unspecified atom stereocenters. The number of carbonyl (C=O) groups excluding carboxylic acids is 1. The predicted molar refractivity (Wildman–Crippen MR) is 101 cm³/mol. The fraction of sp³-hybridized carbons (Fsp3) is 0.111. The van der Waals surface area contributed by atoms with Crippen molar-refractivity contribution in [1.82, 2.24) is 4.98 Å². The van der Waals surface area contributed by atoms with Crippen molar-refractivity contribution in [1.29, 1.82) is 0 Å². The van der Waals surface area contributed by atoms with E-state index >= 15 is 0 Å². The van der Waals surface area contributed by atoms with E-state index in [4.69, 9.17) is 46.4 Å². The second-order valence-electron chi connectivity index (χ2n) is 5.70. The van der Waals surface area contributed by atoms with Crippen molar-refractivity contribution in [3.8, 4) is 0 Å². The molecule has 0 aliphatic heterocycles. The molecule has 2 aromatic rings. The standard InChI is InChI=1S/C18H9Cl4NO2/c19-13-11-12(14(20)16(22)15(13)21)18(25)10(17(11)24)9-6-5-7-3-1-2-4-8(7)23-9/h1-6,13,15,24H. The van der Waals surface area contributed by atoms with E-state index < -0.39 is 16.5 Å². The number of aliphatic hydroxyl groups is 1. The van der Waals surface area contributed by atoms with Gasteiger partial charge in [-0.05, 0) is 12.1 Å². The number of fused-ring (bicyclic) bond motifs is 1. The molecule has 1 aromatic carbocycles. The molecular weight excluding hydrogens is 404 g/mol. The summed E-state index contributed by atoms with van der Waals surface area (Å²) in [6, 6.07) is 11.0. The van der Waals surface area contributed by atoms with Crippen LogP contribution >= 0.6 is 46.4 Å². The van der Waals surface area contributed by atoms with Gasteiger partial charge in [0.25, 0.3) is 0 Å². The Balaban J connectivity index is 1.90. The lowest BCUT2D eigenvalue weighted by molar-refractivity contribution is -0.110. The molecule has 0 amide bonds. The lowest BCUT2D eigenvalue weighted by Crippen LogP contribution is -2.25. The van der Waals surface area contributed by atoms with Crippen molar-refractivity contribution in [3.05, 3.63) is 69.1 Å². The molecule has 3 nitrogen and oxygen atoms in total. The Kier molecular flexibility index (Phi) is 4.08. The zero-order chi connectivity index (χ0) is 17.9. The molecule has 2 aliphatic carbocycles. The van der Waals surface area contributed by atoms with Crippen LogP contribution < -0.4 is 0 Å². The number of halogens is 4. The second-order valence-corrected chi connectivity index (χ2v) is 7.42. The topological polar surface area (TPSA) is 50.2 Å². The van der Waals surface area contributed by atoms with Crippen LogP contribution in [0.25, 0.3) is 16.5 Å². The number of benzene rings is 1. The molecule has 0 saturated heterocycles. The molecule has 0 saturated carbocycles. The number of hydrogen-bond acceptors (Lipinski definition) is 3. The van der Waals surface area contributed by atoms with Gasteiger partial charge < -0.3 is 5.11 Å². The van der Waals surface area contributed by atoms with Crippen LogP contribution in [0.2, 0.25) is 0 Å². The third-order valence-electron chi connectivity index (χ3n) is 4.27. The van der Waals surface area contributed by atoms with Gasteiger partial charge in [-0.25, -0.2) is 4.98 Å². The summed E-state index contributed by atoms with van der Waals surface area (Å²) in [7, 11) is 0. The summed E-state index contributed by atoms with van der Waals surface area (Å²) in [4.78, 5) is 17.4. The van der Waals surface area contributed by atoms with E-state index in [2.05, 4.69) is 4.98 Å². The number of aromatic nitrogens is 1. The number of ketones is 1. The Morgan fingerprint density at radius 3 is 2.44 bits per heavy atom. The van der Waals surface area contributed by atoms with Crippen LogP contribution in [0.15, 0.2) is 63.4 Å². The summed E-state index contributed by atoms with van der Waals surface area (Å²) in [5, 5.41) is 10.0. The Morgan fingerprint density at radius 2 is 1.68 bits per heavy atom. The quantitative estimate of drug-likeness (QED) is 0.646. The Morgan fingerprint density at radius 1 is 0.960 bits per heavy atom. The maximum atomic E-state index is 12.9. The van der Waals surface area contributed by atoms with Crippen molar-refractivity contribution in [2.75, 3.05) is 0 Å². The largest absolute Gasteiger partial charge is 0.507 e. The Labute approximate surface area is 163 Å². The van der Waals surface area contributed by atoms with E-state index in [9.17, 15) is 9.90 Å². The maximum absolute atomic E-state index is 12.9. The van der Waals surface area contributed by atoms with Gasteiger partial charge >= 0.3 is 0 Å². The molecular formula is C18H9Cl4NO2. The van der Waals surface area contributed by atoms with Gasteiger partial charge in [0.2, 0.25) is 5.78 Å². The highest BCUT2D eigenvalue weighted by atomic mass is 35.5. The van der Waals surface area contributed by atoms with Gasteiger partial charge in [-0.2, -0.15) is 0 Å². The van der Waals surface area contributed by atoms with Crippen LogP contribution in [-0.4, -0.2) is 26.6 Å². The number of aliphatic hydroxyl groups excluding tert-OH is 1. The number of rotatable bonds is 1. The molecule has 0 radical (unpaired) electrons. The Bertz CT molecular complexity index is 1040. The van der Waals surface area contributed by atoms with Crippen LogP contribution in [0.3, 0.4) is 0 Å². The van der Waals surface area contributed by atoms with Gasteiger partial charge in [-0.15, -0.1) is 23.2 Å². The maximum Gasteiger partial charge on any atom is 0.200 e. The van der Waals surface area contributed by atoms with Gasteiger partial charge in [0.1, 0.15) is 5.76 Å². The molecule has 0 spiro atoms. The SMILES string of the molecule is O=C1C2=C(C(O)=C1c1ccc3ccccc3n1)C(Cl)C(Cl)C(Cl)=C2Cl. The summed E-state index contributed by atoms with van der Waals surface area (Å²) in [5.41, 5.74) is 1.38. The normalized spacial score (nSPS) is 23.8. The smallest absolute Gasteiger partial charge is 0.200 e. The number of alkyl halides is 2. The van der Waals surface area contributed by atoms with E-state index in [1.165, 1.54) is 0 Å². The van der Waals surface area contributed by atoms with Gasteiger partial charge in [-0.1, -0.05) is 47.5 Å². The number of hydrogen-bond donors (Lipinski definition) is 1. The van der Waals surface area contributed by atoms with Crippen LogP contribution in [0, 0.1) is 0 Å². The first-order valence-corrected chi connectivity index (χ1v) is 8.97. The monoisotopic (exact) mass is 411 g/mol. The lowest BCUT2D eigenvalue weighted by Gasteiger charge is -2.24. The zero-order valence-corrected chi connectivity index (χ0v) is 15.5. The molecule has 126 valence electrons. The number of pyridine rings is 1. The highest BCUT2D eigenvalue weighted by Crippen LogP contribution is 2.48. The van der Waals surface area contributed by atoms with Crippen molar-refractivity contribution in [3.63, 3.8) is 0 Å². The minimum atomic E-state index is -0.867. The molecule has 0 fully saturated rings. The summed E-state index contributed by atoms with van der Waals surface area (Å²) in [5.74, 6) is -0.719. The van der Waals surface area contributed by atoms with E-state index in [0.29, 0.717) is 11.2 Å². The third kappa shape index (κ3) is 2.42. The lowest BCUT2D eigenvalue weighted by atomic mass is 9.97. The molecule has 1 heterocycles. The minimum Gasteiger partial charge on any atom is -0.507 e. The van der Waals surface area contributed by atoms with Gasteiger partial charge in [0.15, 0.2) is 0 Å². The van der Waals surface area contributed by atoms with E-state index in [-0.39, 0.29) is 32.5 Å². The molecule has 2 atom stereocenters. The molecule has 1 aromatic heterocycles. The van der Waals surface area contributed by atoms with Crippen molar-refractivity contribution < 1.29 is 9.90 Å². The van der Waals surface area contributed by atoms with Gasteiger partial charge in [-0.3, -0.25) is 4.79 Å². The zero-order valence-electron chi connectivity index (χ0n) is 12.4. The number of allylic oxidation sites excluding steroid dienone is 5. The van der Waals surface area contributed by atoms with E-state index in [0.717, 1.165) is 5.39 Å². The molecule has 7 heteroatoms. The van der Waals surface area contributed by atoms with Crippen molar-refractivity contribution >= 4 is 68.7 Å². The summed E-state index contributed by atoms with van der Waals surface area (Å²) in [6.45, 7) is 0. The van der Waals surface area contributed by atoms with Gasteiger partial charge in [0, 0.05) is 11.0 Å². The van der Waals surface area contributed by atoms with E-state index in [1.807, 2.05) is 30.3 Å². The van der Waals surface area contributed by atoms with Crippen LogP contribution in [-0.2, 0) is 4.79 Å². The second kappa shape index (κ2) is 6.03. The number of nitrogens with zero attached hydrogens (tertiary/aromatic N) is 1. The fourth-order valence-corrected chi connectivity index (χ4v) is 4.27. The summed E-state index contributed by atoms with van der Waals surface area (Å²) in [6.07, 6.45) is 0. The van der Waals surface area contributed by atoms with Crippen molar-refractivity contribution in [2.45, 2.75) is 10.8 Å². The average Bonchev–Trinajstić information content (AvgIpc) is 2.88. The molecule has 2 aliphatic rings. The highest BCUT2D eigenvalue weighted by Gasteiger charge is 2.45. The summed E-state index contributed by atoms with van der Waals surface area (Å²) >= 11 is 24.8. The number of carbonyl (C=O) groups is 1. The van der Waals surface area contributed by atoms with Crippen LogP contribution in [0.1, 0.15) is 5.69 Å².